The predicted octanol–water partition coefficient (Wildman–Crippen LogP) is 2.39. The molecule has 1 aliphatic heterocycles. The summed E-state index contributed by atoms with van der Waals surface area (Å²) in [5, 5.41) is 6.72. The molecule has 22 heavy (non-hydrogen) atoms. The van der Waals surface area contributed by atoms with E-state index >= 15 is 0 Å². The molecule has 0 radical (unpaired) electrons. The normalized spacial score (nSPS) is 15.5. The van der Waals surface area contributed by atoms with Crippen molar-refractivity contribution in [2.75, 3.05) is 31.6 Å². The second-order valence-electron chi connectivity index (χ2n) is 6.25. The second-order valence-corrected chi connectivity index (χ2v) is 6.25. The highest BCUT2D eigenvalue weighted by molar-refractivity contribution is 5.79. The van der Waals surface area contributed by atoms with Crippen molar-refractivity contribution in [1.29, 1.82) is 0 Å². The summed E-state index contributed by atoms with van der Waals surface area (Å²) in [6, 6.07) is 4.24. The number of nitrogens with zero attached hydrogens (tertiary/aromatic N) is 3. The molecule has 0 spiro atoms. The van der Waals surface area contributed by atoms with Crippen molar-refractivity contribution >= 4 is 11.8 Å². The van der Waals surface area contributed by atoms with Gasteiger partial charge in [-0.3, -0.25) is 4.99 Å². The van der Waals surface area contributed by atoms with Crippen LogP contribution in [-0.4, -0.2) is 37.6 Å². The average molecular weight is 303 g/mol. The van der Waals surface area contributed by atoms with E-state index in [0.717, 1.165) is 44.4 Å². The maximum Gasteiger partial charge on any atom is 0.191 e. The van der Waals surface area contributed by atoms with Crippen LogP contribution in [0.25, 0.3) is 0 Å². The Kier molecular flexibility index (Phi) is 6.49. The molecule has 2 heterocycles. The predicted molar refractivity (Wildman–Crippen MR) is 93.3 cm³/mol. The fraction of sp³-hybridized carbons (Fsp3) is 0.647. The summed E-state index contributed by atoms with van der Waals surface area (Å²) in [6.07, 6.45) is 5.60. The first-order valence-corrected chi connectivity index (χ1v) is 8.33. The highest BCUT2D eigenvalue weighted by Crippen LogP contribution is 2.18. The Morgan fingerprint density at radius 1 is 1.32 bits per heavy atom. The molecule has 5 heteroatoms. The van der Waals surface area contributed by atoms with E-state index in [4.69, 9.17) is 0 Å². The largest absolute Gasteiger partial charge is 0.357 e. The highest BCUT2D eigenvalue weighted by Gasteiger charge is 2.13. The van der Waals surface area contributed by atoms with Gasteiger partial charge in [0.15, 0.2) is 5.96 Å². The molecule has 0 unspecified atom stereocenters. The topological polar surface area (TPSA) is 52.6 Å². The lowest BCUT2D eigenvalue weighted by Gasteiger charge is -2.17. The fourth-order valence-corrected chi connectivity index (χ4v) is 2.58. The molecule has 122 valence electrons. The van der Waals surface area contributed by atoms with Crippen LogP contribution in [0.2, 0.25) is 0 Å². The van der Waals surface area contributed by atoms with E-state index in [9.17, 15) is 0 Å². The summed E-state index contributed by atoms with van der Waals surface area (Å²) in [7, 11) is 1.81. The summed E-state index contributed by atoms with van der Waals surface area (Å²) in [5.74, 6) is 2.66. The van der Waals surface area contributed by atoms with E-state index in [0.29, 0.717) is 5.92 Å². The van der Waals surface area contributed by atoms with E-state index in [1.165, 1.54) is 18.4 Å². The van der Waals surface area contributed by atoms with Crippen molar-refractivity contribution in [2.24, 2.45) is 10.9 Å². The molecule has 1 aromatic heterocycles. The minimum atomic E-state index is 0.703. The molecule has 0 amide bonds. The van der Waals surface area contributed by atoms with Gasteiger partial charge in [0.2, 0.25) is 0 Å². The van der Waals surface area contributed by atoms with Crippen LogP contribution in [0.5, 0.6) is 0 Å². The summed E-state index contributed by atoms with van der Waals surface area (Å²) < 4.78 is 0. The zero-order valence-electron chi connectivity index (χ0n) is 14.1. The van der Waals surface area contributed by atoms with Gasteiger partial charge in [0.25, 0.3) is 0 Å². The monoisotopic (exact) mass is 303 g/mol. The maximum atomic E-state index is 4.49. The lowest BCUT2D eigenvalue weighted by Crippen LogP contribution is -2.37. The maximum absolute atomic E-state index is 4.49. The number of nitrogens with one attached hydrogen (secondary N) is 2. The Labute approximate surface area is 134 Å². The quantitative estimate of drug-likeness (QED) is 0.626. The van der Waals surface area contributed by atoms with Crippen molar-refractivity contribution < 1.29 is 0 Å². The zero-order valence-corrected chi connectivity index (χ0v) is 14.1. The number of aromatic nitrogens is 1. The van der Waals surface area contributed by atoms with Crippen LogP contribution >= 0.6 is 0 Å². The summed E-state index contributed by atoms with van der Waals surface area (Å²) >= 11 is 0. The summed E-state index contributed by atoms with van der Waals surface area (Å²) in [4.78, 5) is 11.1. The van der Waals surface area contributed by atoms with Crippen LogP contribution in [0.4, 0.5) is 5.82 Å². The smallest absolute Gasteiger partial charge is 0.191 e. The van der Waals surface area contributed by atoms with E-state index in [1.807, 2.05) is 13.2 Å². The van der Waals surface area contributed by atoms with Crippen molar-refractivity contribution in [3.8, 4) is 0 Å². The van der Waals surface area contributed by atoms with Gasteiger partial charge in [-0.25, -0.2) is 4.98 Å². The minimum absolute atomic E-state index is 0.703. The Bertz CT molecular complexity index is 478. The lowest BCUT2D eigenvalue weighted by atomic mass is 10.1. The van der Waals surface area contributed by atoms with Crippen molar-refractivity contribution in [1.82, 2.24) is 15.6 Å². The number of rotatable bonds is 6. The van der Waals surface area contributed by atoms with Crippen molar-refractivity contribution in [2.45, 2.75) is 39.7 Å². The Hall–Kier alpha value is -1.78. The van der Waals surface area contributed by atoms with Crippen LogP contribution in [-0.2, 0) is 6.54 Å². The van der Waals surface area contributed by atoms with Gasteiger partial charge in [-0.2, -0.15) is 0 Å². The van der Waals surface area contributed by atoms with Crippen molar-refractivity contribution in [3.05, 3.63) is 23.9 Å². The molecule has 0 saturated carbocycles. The summed E-state index contributed by atoms with van der Waals surface area (Å²) in [5.41, 5.74) is 1.24. The van der Waals surface area contributed by atoms with Gasteiger partial charge in [0, 0.05) is 39.4 Å². The molecule has 2 rings (SSSR count). The molecule has 0 aliphatic carbocycles. The van der Waals surface area contributed by atoms with Gasteiger partial charge in [-0.1, -0.05) is 13.8 Å². The van der Waals surface area contributed by atoms with Gasteiger partial charge >= 0.3 is 0 Å². The third-order valence-corrected chi connectivity index (χ3v) is 3.94. The third-order valence-electron chi connectivity index (χ3n) is 3.94. The molecule has 1 saturated heterocycles. The number of guanidine groups is 1. The number of hydrogen-bond acceptors (Lipinski definition) is 3. The van der Waals surface area contributed by atoms with Crippen molar-refractivity contribution in [3.63, 3.8) is 0 Å². The SMILES string of the molecule is CN=C(NCCC(C)C)NCc1ccnc(N2CCCC2)c1. The van der Waals surface area contributed by atoms with E-state index < -0.39 is 0 Å². The van der Waals surface area contributed by atoms with Gasteiger partial charge in [0.1, 0.15) is 5.82 Å². The molecular formula is C17H29N5. The fourth-order valence-electron chi connectivity index (χ4n) is 2.58. The second kappa shape index (κ2) is 8.61. The molecule has 1 aliphatic rings. The van der Waals surface area contributed by atoms with Gasteiger partial charge in [-0.05, 0) is 42.9 Å². The lowest BCUT2D eigenvalue weighted by molar-refractivity contribution is 0.573. The third kappa shape index (κ3) is 5.20. The van der Waals surface area contributed by atoms with Gasteiger partial charge in [-0.15, -0.1) is 0 Å². The van der Waals surface area contributed by atoms with E-state index in [1.54, 1.807) is 0 Å². The molecule has 1 aromatic rings. The van der Waals surface area contributed by atoms with Crippen LogP contribution < -0.4 is 15.5 Å². The Morgan fingerprint density at radius 3 is 2.77 bits per heavy atom. The molecule has 0 bridgehead atoms. The zero-order chi connectivity index (χ0) is 15.8. The number of aliphatic imine (C=N–C) groups is 1. The molecular weight excluding hydrogens is 274 g/mol. The molecule has 0 aromatic carbocycles. The minimum Gasteiger partial charge on any atom is -0.357 e. The Morgan fingerprint density at radius 2 is 2.09 bits per heavy atom. The number of anilines is 1. The average Bonchev–Trinajstić information content (AvgIpc) is 3.05. The van der Waals surface area contributed by atoms with Crippen LogP contribution in [0.3, 0.4) is 0 Å². The standard InChI is InChI=1S/C17H29N5/c1-14(2)6-8-20-17(18-3)21-13-15-7-9-19-16(12-15)22-10-4-5-11-22/h7,9,12,14H,4-6,8,10-11,13H2,1-3H3,(H2,18,20,21). The first kappa shape index (κ1) is 16.6. The molecule has 5 nitrogen and oxygen atoms in total. The van der Waals surface area contributed by atoms with E-state index in [-0.39, 0.29) is 0 Å². The summed E-state index contributed by atoms with van der Waals surface area (Å²) in [6.45, 7) is 8.44. The van der Waals surface area contributed by atoms with E-state index in [2.05, 4.69) is 51.5 Å². The first-order valence-electron chi connectivity index (χ1n) is 8.33. The molecule has 2 N–H and O–H groups in total. The number of hydrogen-bond donors (Lipinski definition) is 2. The van der Waals surface area contributed by atoms with Crippen LogP contribution in [0.15, 0.2) is 23.3 Å². The van der Waals surface area contributed by atoms with Crippen LogP contribution in [0, 0.1) is 5.92 Å². The number of pyridine rings is 1. The molecule has 0 atom stereocenters. The highest BCUT2D eigenvalue weighted by atomic mass is 15.2. The van der Waals surface area contributed by atoms with Gasteiger partial charge in [0.05, 0.1) is 0 Å². The Balaban J connectivity index is 1.83. The first-order chi connectivity index (χ1) is 10.7. The molecule has 1 fully saturated rings. The van der Waals surface area contributed by atoms with Gasteiger partial charge < -0.3 is 15.5 Å². The van der Waals surface area contributed by atoms with Crippen LogP contribution in [0.1, 0.15) is 38.7 Å².